The number of carbonyl (C=O) groups is 1. The molecule has 3 atom stereocenters. The van der Waals surface area contributed by atoms with Gasteiger partial charge in [-0.15, -0.1) is 0 Å². The second kappa shape index (κ2) is 5.15. The fraction of sp³-hybridized carbons (Fsp3) is 0.917. The van der Waals surface area contributed by atoms with Crippen molar-refractivity contribution in [2.75, 3.05) is 40.3 Å². The molecule has 4 heteroatoms. The minimum absolute atomic E-state index is 0.219. The summed E-state index contributed by atoms with van der Waals surface area (Å²) in [6, 6.07) is 0.647. The minimum atomic E-state index is 0.219. The van der Waals surface area contributed by atoms with Gasteiger partial charge in [-0.1, -0.05) is 0 Å². The Morgan fingerprint density at radius 2 is 2.12 bits per heavy atom. The van der Waals surface area contributed by atoms with E-state index in [1.54, 1.807) is 4.90 Å². The number of hydrogen-bond donors (Lipinski definition) is 1. The Kier molecular flexibility index (Phi) is 3.82. The summed E-state index contributed by atoms with van der Waals surface area (Å²) >= 11 is 0. The molecule has 2 bridgehead atoms. The van der Waals surface area contributed by atoms with E-state index in [0.717, 1.165) is 12.5 Å². The topological polar surface area (TPSA) is 35.6 Å². The number of piperidine rings is 1. The molecule has 0 aromatic rings. The van der Waals surface area contributed by atoms with Gasteiger partial charge in [-0.3, -0.25) is 4.79 Å². The molecule has 2 fully saturated rings. The van der Waals surface area contributed by atoms with Gasteiger partial charge in [-0.25, -0.2) is 0 Å². The maximum absolute atomic E-state index is 11.4. The van der Waals surface area contributed by atoms with Crippen LogP contribution in [-0.2, 0) is 4.79 Å². The predicted octanol–water partition coefficient (Wildman–Crippen LogP) is 0.149. The van der Waals surface area contributed by atoms with Crippen molar-refractivity contribution in [1.29, 1.82) is 0 Å². The minimum Gasteiger partial charge on any atom is -0.349 e. The lowest BCUT2D eigenvalue weighted by molar-refractivity contribution is -0.128. The molecule has 92 valence electrons. The second-order valence-electron chi connectivity index (χ2n) is 5.24. The molecule has 2 aliphatic rings. The SMILES string of the molecule is CN(C)C(=O)CCNC1CCN2CCC1C2. The Morgan fingerprint density at radius 1 is 1.38 bits per heavy atom. The zero-order valence-corrected chi connectivity index (χ0v) is 10.4. The molecule has 0 spiro atoms. The Bertz CT molecular complexity index is 255. The van der Waals surface area contributed by atoms with Crippen LogP contribution < -0.4 is 5.32 Å². The number of hydrogen-bond acceptors (Lipinski definition) is 3. The zero-order valence-electron chi connectivity index (χ0n) is 10.4. The lowest BCUT2D eigenvalue weighted by Gasteiger charge is -2.31. The number of nitrogens with one attached hydrogen (secondary N) is 1. The van der Waals surface area contributed by atoms with Crippen LogP contribution in [0.4, 0.5) is 0 Å². The average molecular weight is 225 g/mol. The Labute approximate surface area is 98.0 Å². The van der Waals surface area contributed by atoms with Gasteiger partial charge in [0.05, 0.1) is 0 Å². The van der Waals surface area contributed by atoms with Gasteiger partial charge in [-0.2, -0.15) is 0 Å². The quantitative estimate of drug-likeness (QED) is 0.740. The van der Waals surface area contributed by atoms with E-state index in [1.165, 1.54) is 32.5 Å². The molecule has 1 amide bonds. The smallest absolute Gasteiger partial charge is 0.223 e. The van der Waals surface area contributed by atoms with Crippen molar-refractivity contribution in [2.45, 2.75) is 25.3 Å². The Balaban J connectivity index is 1.68. The molecule has 1 N–H and O–H groups in total. The maximum atomic E-state index is 11.4. The molecule has 16 heavy (non-hydrogen) atoms. The summed E-state index contributed by atoms with van der Waals surface area (Å²) in [5.74, 6) is 1.04. The fourth-order valence-corrected chi connectivity index (χ4v) is 2.81. The van der Waals surface area contributed by atoms with Gasteiger partial charge in [0.25, 0.3) is 0 Å². The number of fused-ring (bicyclic) bond motifs is 2. The first-order valence-corrected chi connectivity index (χ1v) is 6.32. The third-order valence-electron chi connectivity index (χ3n) is 3.88. The first kappa shape index (κ1) is 11.9. The van der Waals surface area contributed by atoms with Crippen molar-refractivity contribution in [1.82, 2.24) is 15.1 Å². The zero-order chi connectivity index (χ0) is 11.5. The van der Waals surface area contributed by atoms with Gasteiger partial charge in [-0.05, 0) is 31.8 Å². The Morgan fingerprint density at radius 3 is 2.88 bits per heavy atom. The first-order valence-electron chi connectivity index (χ1n) is 6.32. The van der Waals surface area contributed by atoms with E-state index >= 15 is 0 Å². The van der Waals surface area contributed by atoms with Crippen LogP contribution >= 0.6 is 0 Å². The molecule has 2 aliphatic heterocycles. The van der Waals surface area contributed by atoms with E-state index in [2.05, 4.69) is 10.2 Å². The second-order valence-corrected chi connectivity index (χ2v) is 5.24. The van der Waals surface area contributed by atoms with Crippen molar-refractivity contribution in [3.05, 3.63) is 0 Å². The molecule has 0 saturated carbocycles. The van der Waals surface area contributed by atoms with E-state index in [9.17, 15) is 4.79 Å². The van der Waals surface area contributed by atoms with E-state index in [1.807, 2.05) is 14.1 Å². The molecule has 4 nitrogen and oxygen atoms in total. The molecule has 2 saturated heterocycles. The largest absolute Gasteiger partial charge is 0.349 e. The monoisotopic (exact) mass is 225 g/mol. The van der Waals surface area contributed by atoms with Gasteiger partial charge < -0.3 is 15.1 Å². The highest BCUT2D eigenvalue weighted by atomic mass is 16.2. The normalized spacial score (nSPS) is 32.8. The lowest BCUT2D eigenvalue weighted by atomic mass is 9.94. The highest BCUT2D eigenvalue weighted by molar-refractivity contribution is 5.75. The molecule has 3 unspecified atom stereocenters. The highest BCUT2D eigenvalue weighted by Crippen LogP contribution is 2.26. The third kappa shape index (κ3) is 2.74. The summed E-state index contributed by atoms with van der Waals surface area (Å²) in [7, 11) is 3.63. The summed E-state index contributed by atoms with van der Waals surface area (Å²) in [6.07, 6.45) is 3.21. The highest BCUT2D eigenvalue weighted by Gasteiger charge is 2.33. The van der Waals surface area contributed by atoms with Gasteiger partial charge >= 0.3 is 0 Å². The van der Waals surface area contributed by atoms with E-state index in [4.69, 9.17) is 0 Å². The summed E-state index contributed by atoms with van der Waals surface area (Å²) < 4.78 is 0. The standard InChI is InChI=1S/C12H23N3O/c1-14(2)12(16)3-6-13-11-5-8-15-7-4-10(11)9-15/h10-11,13H,3-9H2,1-2H3. The van der Waals surface area contributed by atoms with Crippen LogP contribution in [0.1, 0.15) is 19.3 Å². The van der Waals surface area contributed by atoms with Crippen LogP contribution in [0.15, 0.2) is 0 Å². The van der Waals surface area contributed by atoms with Crippen molar-refractivity contribution >= 4 is 5.91 Å². The van der Waals surface area contributed by atoms with E-state index < -0.39 is 0 Å². The van der Waals surface area contributed by atoms with Crippen molar-refractivity contribution in [2.24, 2.45) is 5.92 Å². The van der Waals surface area contributed by atoms with E-state index in [0.29, 0.717) is 12.5 Å². The van der Waals surface area contributed by atoms with Crippen molar-refractivity contribution in [3.63, 3.8) is 0 Å². The molecular weight excluding hydrogens is 202 g/mol. The van der Waals surface area contributed by atoms with Crippen molar-refractivity contribution < 1.29 is 4.79 Å². The predicted molar refractivity (Wildman–Crippen MR) is 64.3 cm³/mol. The summed E-state index contributed by atoms with van der Waals surface area (Å²) in [6.45, 7) is 4.60. The van der Waals surface area contributed by atoms with Crippen LogP contribution in [0.25, 0.3) is 0 Å². The molecule has 2 rings (SSSR count). The number of carbonyl (C=O) groups excluding carboxylic acids is 1. The van der Waals surface area contributed by atoms with Crippen LogP contribution in [-0.4, -0.2) is 62.0 Å². The summed E-state index contributed by atoms with van der Waals surface area (Å²) in [5, 5.41) is 3.56. The number of amides is 1. The van der Waals surface area contributed by atoms with Crippen LogP contribution in [0.5, 0.6) is 0 Å². The molecule has 0 radical (unpaired) electrons. The van der Waals surface area contributed by atoms with Crippen LogP contribution in [0, 0.1) is 5.92 Å². The third-order valence-corrected chi connectivity index (χ3v) is 3.88. The van der Waals surface area contributed by atoms with Gasteiger partial charge in [0.1, 0.15) is 0 Å². The Hall–Kier alpha value is -0.610. The number of nitrogens with zero attached hydrogens (tertiary/aromatic N) is 2. The first-order chi connectivity index (χ1) is 7.66. The van der Waals surface area contributed by atoms with Crippen LogP contribution in [0.2, 0.25) is 0 Å². The molecular formula is C12H23N3O. The lowest BCUT2D eigenvalue weighted by Crippen LogP contribution is -2.44. The van der Waals surface area contributed by atoms with E-state index in [-0.39, 0.29) is 5.91 Å². The van der Waals surface area contributed by atoms with Crippen molar-refractivity contribution in [3.8, 4) is 0 Å². The van der Waals surface area contributed by atoms with Gasteiger partial charge in [0.2, 0.25) is 5.91 Å². The summed E-state index contributed by atoms with van der Waals surface area (Å²) in [5.41, 5.74) is 0. The fourth-order valence-electron chi connectivity index (χ4n) is 2.81. The average Bonchev–Trinajstić information content (AvgIpc) is 2.64. The maximum Gasteiger partial charge on any atom is 0.223 e. The molecule has 0 aromatic heterocycles. The van der Waals surface area contributed by atoms with Gasteiger partial charge in [0, 0.05) is 39.6 Å². The van der Waals surface area contributed by atoms with Crippen LogP contribution in [0.3, 0.4) is 0 Å². The molecule has 0 aromatic carbocycles. The molecule has 0 aliphatic carbocycles. The molecule has 2 heterocycles. The number of rotatable bonds is 4. The summed E-state index contributed by atoms with van der Waals surface area (Å²) in [4.78, 5) is 15.6. The van der Waals surface area contributed by atoms with Gasteiger partial charge in [0.15, 0.2) is 0 Å².